The average molecular weight is 528 g/mol. The maximum absolute atomic E-state index is 13.1. The van der Waals surface area contributed by atoms with Crippen LogP contribution in [0, 0.1) is 0 Å². The number of carbonyl (C=O) groups excluding carboxylic acids is 1. The summed E-state index contributed by atoms with van der Waals surface area (Å²) in [6, 6.07) is 10.7. The third-order valence-corrected chi connectivity index (χ3v) is 6.18. The molecule has 0 spiro atoms. The Morgan fingerprint density at radius 3 is 2.03 bits per heavy atom. The van der Waals surface area contributed by atoms with Gasteiger partial charge in [0.2, 0.25) is 5.78 Å². The molecule has 1 heterocycles. The van der Waals surface area contributed by atoms with E-state index in [0.29, 0.717) is 0 Å². The fourth-order valence-corrected chi connectivity index (χ4v) is 4.21. The number of ketones is 1. The second-order valence-electron chi connectivity index (χ2n) is 8.60. The Hall–Kier alpha value is -4.36. The lowest BCUT2D eigenvalue weighted by Crippen LogP contribution is -2.57. The van der Waals surface area contributed by atoms with Crippen LogP contribution < -0.4 is 4.74 Å². The summed E-state index contributed by atoms with van der Waals surface area (Å²) in [6.07, 6.45) is -7.97. The van der Waals surface area contributed by atoms with Crippen LogP contribution in [-0.2, 0) is 4.74 Å². The molecule has 3 aromatic rings. The smallest absolute Gasteiger partial charge is 0.335 e. The van der Waals surface area contributed by atoms with Gasteiger partial charge >= 0.3 is 5.97 Å². The number of benzene rings is 3. The summed E-state index contributed by atoms with van der Waals surface area (Å²) >= 11 is 0. The number of rotatable bonds is 7. The first-order valence-corrected chi connectivity index (χ1v) is 11.3. The van der Waals surface area contributed by atoms with Crippen LogP contribution in [0.15, 0.2) is 54.6 Å². The normalized spacial score (nSPS) is 23.1. The highest BCUT2D eigenvalue weighted by Crippen LogP contribution is 2.47. The zero-order valence-electron chi connectivity index (χ0n) is 19.5. The van der Waals surface area contributed by atoms with Gasteiger partial charge in [0.05, 0.1) is 17.7 Å². The van der Waals surface area contributed by atoms with E-state index in [2.05, 4.69) is 0 Å². The number of ether oxygens (including phenoxy) is 2. The zero-order valence-corrected chi connectivity index (χ0v) is 19.5. The highest BCUT2D eigenvalue weighted by atomic mass is 16.6. The van der Waals surface area contributed by atoms with Crippen LogP contribution in [0.25, 0.3) is 0 Å². The van der Waals surface area contributed by atoms with Gasteiger partial charge in [-0.1, -0.05) is 0 Å². The standard InChI is InChI=1S/C26H24O12/c27-10-17-21(32)23(34)25(37-14-7-3-12(4-8-14)26(35)36)24(38-17)19-16(30)9-15(29)18(22(19)33)20(31)11-1-5-13(28)6-2-11/h1-9,17,21,23-25,27-30,32-34H,10H2,(H,35,36)/t17-,21-,23+,24+,25-/m1/s1. The topological polar surface area (TPSA) is 214 Å². The van der Waals surface area contributed by atoms with Crippen molar-refractivity contribution in [3.05, 3.63) is 76.9 Å². The van der Waals surface area contributed by atoms with E-state index < -0.39 is 77.3 Å². The monoisotopic (exact) mass is 528 g/mol. The Balaban J connectivity index is 1.80. The third kappa shape index (κ3) is 4.93. The molecule has 4 rings (SSSR count). The molecule has 12 nitrogen and oxygen atoms in total. The molecule has 0 radical (unpaired) electrons. The largest absolute Gasteiger partial charge is 0.508 e. The molecule has 3 aromatic carbocycles. The van der Waals surface area contributed by atoms with Gasteiger partial charge in [-0.3, -0.25) is 4.79 Å². The number of aliphatic hydroxyl groups excluding tert-OH is 3. The number of phenolic OH excluding ortho intramolecular Hbond substituents is 4. The van der Waals surface area contributed by atoms with E-state index >= 15 is 0 Å². The van der Waals surface area contributed by atoms with Crippen LogP contribution in [0.5, 0.6) is 28.7 Å². The van der Waals surface area contributed by atoms with E-state index in [1.807, 2.05) is 0 Å². The summed E-state index contributed by atoms with van der Waals surface area (Å²) in [5, 5.41) is 81.7. The van der Waals surface area contributed by atoms with Gasteiger partial charge in [-0.2, -0.15) is 0 Å². The number of aliphatic hydroxyl groups is 3. The molecule has 1 fully saturated rings. The molecule has 12 heteroatoms. The molecular weight excluding hydrogens is 504 g/mol. The van der Waals surface area contributed by atoms with E-state index in [9.17, 15) is 45.3 Å². The molecular formula is C26H24O12. The molecule has 5 atom stereocenters. The molecule has 0 unspecified atom stereocenters. The van der Waals surface area contributed by atoms with Crippen molar-refractivity contribution in [1.29, 1.82) is 0 Å². The van der Waals surface area contributed by atoms with E-state index in [4.69, 9.17) is 14.6 Å². The van der Waals surface area contributed by atoms with Crippen molar-refractivity contribution in [3.63, 3.8) is 0 Å². The summed E-state index contributed by atoms with van der Waals surface area (Å²) in [4.78, 5) is 24.2. The lowest BCUT2D eigenvalue weighted by Gasteiger charge is -2.42. The first kappa shape index (κ1) is 26.7. The molecule has 0 bridgehead atoms. The number of carboxylic acid groups (broad SMARTS) is 1. The fourth-order valence-electron chi connectivity index (χ4n) is 4.21. The minimum absolute atomic E-state index is 0.0235. The van der Waals surface area contributed by atoms with Gasteiger partial charge in [0.1, 0.15) is 58.7 Å². The van der Waals surface area contributed by atoms with Crippen LogP contribution in [0.3, 0.4) is 0 Å². The third-order valence-electron chi connectivity index (χ3n) is 6.18. The van der Waals surface area contributed by atoms with Gasteiger partial charge in [-0.15, -0.1) is 0 Å². The molecule has 1 aliphatic rings. The van der Waals surface area contributed by atoms with Gasteiger partial charge in [0, 0.05) is 11.6 Å². The molecule has 0 saturated carbocycles. The van der Waals surface area contributed by atoms with Crippen LogP contribution in [0.2, 0.25) is 0 Å². The number of aromatic hydroxyl groups is 4. The first-order chi connectivity index (χ1) is 18.0. The summed E-state index contributed by atoms with van der Waals surface area (Å²) in [7, 11) is 0. The molecule has 200 valence electrons. The lowest BCUT2D eigenvalue weighted by atomic mass is 9.88. The molecule has 0 aliphatic carbocycles. The number of aromatic carboxylic acids is 1. The SMILES string of the molecule is O=C(O)c1ccc(O[C@@H]2[C@@H](O)[C@H](O)[C@@H](CO)O[C@H]2c2c(O)cc(O)c(C(=O)c3ccc(O)cc3)c2O)cc1. The summed E-state index contributed by atoms with van der Waals surface area (Å²) in [5.41, 5.74) is -1.19. The molecule has 0 amide bonds. The van der Waals surface area contributed by atoms with Crippen molar-refractivity contribution in [2.24, 2.45) is 0 Å². The second-order valence-corrected chi connectivity index (χ2v) is 8.60. The Kier molecular flexibility index (Phi) is 7.41. The maximum Gasteiger partial charge on any atom is 0.335 e. The van der Waals surface area contributed by atoms with Crippen molar-refractivity contribution >= 4 is 11.8 Å². The van der Waals surface area contributed by atoms with Crippen molar-refractivity contribution < 1.29 is 59.9 Å². The zero-order chi connectivity index (χ0) is 27.7. The maximum atomic E-state index is 13.1. The number of hydrogen-bond donors (Lipinski definition) is 8. The number of carbonyl (C=O) groups is 2. The molecule has 1 saturated heterocycles. The second kappa shape index (κ2) is 10.6. The Morgan fingerprint density at radius 2 is 1.45 bits per heavy atom. The number of phenols is 4. The van der Waals surface area contributed by atoms with Gasteiger partial charge in [0.25, 0.3) is 0 Å². The summed E-state index contributed by atoms with van der Waals surface area (Å²) in [5.74, 6) is -4.61. The highest BCUT2D eigenvalue weighted by molar-refractivity contribution is 6.13. The van der Waals surface area contributed by atoms with Crippen LogP contribution in [-0.4, -0.2) is 83.6 Å². The Morgan fingerprint density at radius 1 is 0.842 bits per heavy atom. The van der Waals surface area contributed by atoms with Crippen LogP contribution >= 0.6 is 0 Å². The number of carboxylic acids is 1. The summed E-state index contributed by atoms with van der Waals surface area (Å²) in [6.45, 7) is -0.770. The first-order valence-electron chi connectivity index (χ1n) is 11.3. The minimum Gasteiger partial charge on any atom is -0.508 e. The highest BCUT2D eigenvalue weighted by Gasteiger charge is 2.48. The van der Waals surface area contributed by atoms with E-state index in [1.54, 1.807) is 0 Å². The molecule has 38 heavy (non-hydrogen) atoms. The fraction of sp³-hybridized carbons (Fsp3) is 0.231. The van der Waals surface area contributed by atoms with Crippen LogP contribution in [0.1, 0.15) is 37.9 Å². The predicted molar refractivity (Wildman–Crippen MR) is 128 cm³/mol. The molecule has 0 aromatic heterocycles. The van der Waals surface area contributed by atoms with Crippen molar-refractivity contribution in [1.82, 2.24) is 0 Å². The van der Waals surface area contributed by atoms with Crippen molar-refractivity contribution in [2.45, 2.75) is 30.5 Å². The molecule has 1 aliphatic heterocycles. The average Bonchev–Trinajstić information content (AvgIpc) is 2.88. The van der Waals surface area contributed by atoms with Crippen LogP contribution in [0.4, 0.5) is 0 Å². The number of hydrogen-bond acceptors (Lipinski definition) is 11. The van der Waals surface area contributed by atoms with E-state index in [0.717, 1.165) is 6.07 Å². The van der Waals surface area contributed by atoms with E-state index in [-0.39, 0.29) is 22.6 Å². The van der Waals surface area contributed by atoms with Gasteiger partial charge in [0.15, 0.2) is 6.10 Å². The van der Waals surface area contributed by atoms with E-state index in [1.165, 1.54) is 48.5 Å². The quantitative estimate of drug-likeness (QED) is 0.202. The minimum atomic E-state index is -1.76. The lowest BCUT2D eigenvalue weighted by molar-refractivity contribution is -0.225. The Labute approximate surface area is 214 Å². The van der Waals surface area contributed by atoms with Gasteiger partial charge in [-0.25, -0.2) is 4.79 Å². The van der Waals surface area contributed by atoms with Gasteiger partial charge < -0.3 is 50.3 Å². The summed E-state index contributed by atoms with van der Waals surface area (Å²) < 4.78 is 11.4. The van der Waals surface area contributed by atoms with Gasteiger partial charge in [-0.05, 0) is 48.5 Å². The van der Waals surface area contributed by atoms with Crippen molar-refractivity contribution in [3.8, 4) is 28.7 Å². The Bertz CT molecular complexity index is 1340. The molecule has 8 N–H and O–H groups in total. The van der Waals surface area contributed by atoms with Crippen molar-refractivity contribution in [2.75, 3.05) is 6.61 Å². The predicted octanol–water partition coefficient (Wildman–Crippen LogP) is 1.04.